The van der Waals surface area contributed by atoms with Crippen LogP contribution in [-0.4, -0.2) is 34.9 Å². The van der Waals surface area contributed by atoms with Crippen molar-refractivity contribution in [2.24, 2.45) is 0 Å². The number of aliphatic hydroxyl groups excluding tert-OH is 1. The first-order valence-corrected chi connectivity index (χ1v) is 11.2. The molecule has 0 fully saturated rings. The molecule has 1 unspecified atom stereocenters. The Morgan fingerprint density at radius 1 is 0.861 bits per heavy atom. The Kier molecular flexibility index (Phi) is 10.3. The van der Waals surface area contributed by atoms with Gasteiger partial charge >= 0.3 is 12.1 Å². The number of aliphatic carboxylic acids is 1. The molecule has 0 aromatic heterocycles. The SMILES string of the molecule is Cc1ccc(Oc2ccc(C(O)CNC(C)C)cc2Oc2ccc(C)cc2)cc1.O=C(O)C(F)(F)F. The molecule has 3 N–H and O–H groups in total. The maximum absolute atomic E-state index is 10.6. The zero-order valence-corrected chi connectivity index (χ0v) is 20.5. The number of alkyl halides is 3. The highest BCUT2D eigenvalue weighted by Gasteiger charge is 2.38. The number of rotatable bonds is 8. The van der Waals surface area contributed by atoms with Crippen molar-refractivity contribution in [3.63, 3.8) is 0 Å². The third kappa shape index (κ3) is 9.59. The maximum Gasteiger partial charge on any atom is 0.490 e. The molecule has 194 valence electrons. The number of aryl methyl sites for hydroxylation is 2. The van der Waals surface area contributed by atoms with Crippen molar-refractivity contribution < 1.29 is 37.7 Å². The van der Waals surface area contributed by atoms with Gasteiger partial charge in [0.15, 0.2) is 11.5 Å². The van der Waals surface area contributed by atoms with Crippen molar-refractivity contribution in [1.82, 2.24) is 5.32 Å². The molecule has 0 saturated heterocycles. The van der Waals surface area contributed by atoms with Gasteiger partial charge in [-0.25, -0.2) is 4.79 Å². The van der Waals surface area contributed by atoms with E-state index in [1.165, 1.54) is 5.56 Å². The second-order valence-corrected chi connectivity index (χ2v) is 8.42. The lowest BCUT2D eigenvalue weighted by Gasteiger charge is -2.18. The summed E-state index contributed by atoms with van der Waals surface area (Å²) < 4.78 is 43.9. The van der Waals surface area contributed by atoms with Gasteiger partial charge in [0.25, 0.3) is 0 Å². The molecule has 9 heteroatoms. The Labute approximate surface area is 208 Å². The van der Waals surface area contributed by atoms with E-state index >= 15 is 0 Å². The van der Waals surface area contributed by atoms with Crippen LogP contribution in [0.3, 0.4) is 0 Å². The predicted molar refractivity (Wildman–Crippen MR) is 131 cm³/mol. The summed E-state index contributed by atoms with van der Waals surface area (Å²) in [5, 5.41) is 20.9. The lowest BCUT2D eigenvalue weighted by Crippen LogP contribution is -2.27. The topological polar surface area (TPSA) is 88.0 Å². The molecule has 3 rings (SSSR count). The van der Waals surface area contributed by atoms with Crippen LogP contribution >= 0.6 is 0 Å². The fraction of sp³-hybridized carbons (Fsp3) is 0.296. The number of hydrogen-bond acceptors (Lipinski definition) is 5. The van der Waals surface area contributed by atoms with Crippen LogP contribution in [-0.2, 0) is 4.79 Å². The largest absolute Gasteiger partial charge is 0.490 e. The van der Waals surface area contributed by atoms with Gasteiger partial charge in [-0.3, -0.25) is 0 Å². The lowest BCUT2D eigenvalue weighted by molar-refractivity contribution is -0.192. The summed E-state index contributed by atoms with van der Waals surface area (Å²) >= 11 is 0. The number of benzene rings is 3. The second-order valence-electron chi connectivity index (χ2n) is 8.42. The molecule has 0 aliphatic heterocycles. The number of ether oxygens (including phenoxy) is 2. The van der Waals surface area contributed by atoms with Crippen LogP contribution in [0.15, 0.2) is 66.7 Å². The molecular weight excluding hydrogens is 475 g/mol. The minimum Gasteiger partial charge on any atom is -0.475 e. The molecule has 1 atom stereocenters. The Morgan fingerprint density at radius 2 is 1.31 bits per heavy atom. The van der Waals surface area contributed by atoms with E-state index in [0.717, 1.165) is 22.6 Å². The minimum atomic E-state index is -5.08. The number of carboxylic acids is 1. The second kappa shape index (κ2) is 12.9. The molecule has 0 amide bonds. The first-order chi connectivity index (χ1) is 16.8. The zero-order valence-electron chi connectivity index (χ0n) is 20.5. The van der Waals surface area contributed by atoms with Crippen LogP contribution in [0.5, 0.6) is 23.0 Å². The summed E-state index contributed by atoms with van der Waals surface area (Å²) in [6.45, 7) is 8.65. The number of carbonyl (C=O) groups is 1. The Morgan fingerprint density at radius 3 is 1.72 bits per heavy atom. The quantitative estimate of drug-likeness (QED) is 0.322. The highest BCUT2D eigenvalue weighted by atomic mass is 19.4. The summed E-state index contributed by atoms with van der Waals surface area (Å²) in [5.74, 6) is -0.138. The fourth-order valence-electron chi connectivity index (χ4n) is 2.83. The minimum absolute atomic E-state index is 0.303. The van der Waals surface area contributed by atoms with E-state index < -0.39 is 18.2 Å². The van der Waals surface area contributed by atoms with Crippen molar-refractivity contribution in [2.75, 3.05) is 6.54 Å². The maximum atomic E-state index is 10.6. The molecule has 0 saturated carbocycles. The molecule has 3 aromatic rings. The van der Waals surface area contributed by atoms with Crippen LogP contribution in [0.1, 0.15) is 36.6 Å². The van der Waals surface area contributed by atoms with Crippen molar-refractivity contribution in [3.05, 3.63) is 83.4 Å². The van der Waals surface area contributed by atoms with E-state index in [1.807, 2.05) is 80.6 Å². The van der Waals surface area contributed by atoms with Gasteiger partial charge in [0.2, 0.25) is 0 Å². The van der Waals surface area contributed by atoms with Crippen molar-refractivity contribution in [2.45, 2.75) is 46.0 Å². The van der Waals surface area contributed by atoms with Crippen LogP contribution < -0.4 is 14.8 Å². The van der Waals surface area contributed by atoms with Gasteiger partial charge in [-0.1, -0.05) is 55.3 Å². The van der Waals surface area contributed by atoms with E-state index in [4.69, 9.17) is 19.4 Å². The van der Waals surface area contributed by atoms with Crippen molar-refractivity contribution in [1.29, 1.82) is 0 Å². The standard InChI is InChI=1S/C25H29NO3.C2HF3O2/c1-17(2)26-16-23(27)20-9-14-24(28-21-10-5-18(3)6-11-21)25(15-20)29-22-12-7-19(4)8-13-22;3-2(4,5)1(6)7/h5-15,17,23,26-27H,16H2,1-4H3;(H,6,7). The lowest BCUT2D eigenvalue weighted by atomic mass is 10.1. The van der Waals surface area contributed by atoms with Crippen LogP contribution in [0.25, 0.3) is 0 Å². The highest BCUT2D eigenvalue weighted by molar-refractivity contribution is 5.73. The number of halogens is 3. The molecule has 0 radical (unpaired) electrons. The normalized spacial score (nSPS) is 11.9. The molecule has 0 aliphatic carbocycles. The number of carboxylic acid groups (broad SMARTS) is 1. The number of hydrogen-bond donors (Lipinski definition) is 3. The molecule has 36 heavy (non-hydrogen) atoms. The highest BCUT2D eigenvalue weighted by Crippen LogP contribution is 2.37. The van der Waals surface area contributed by atoms with E-state index in [-0.39, 0.29) is 0 Å². The van der Waals surface area contributed by atoms with E-state index in [1.54, 1.807) is 0 Å². The third-order valence-electron chi connectivity index (χ3n) is 4.81. The van der Waals surface area contributed by atoms with Crippen LogP contribution in [0.4, 0.5) is 13.2 Å². The van der Waals surface area contributed by atoms with Gasteiger partial charge in [-0.15, -0.1) is 0 Å². The van der Waals surface area contributed by atoms with E-state index in [9.17, 15) is 18.3 Å². The molecule has 6 nitrogen and oxygen atoms in total. The molecule has 0 spiro atoms. The number of aliphatic hydroxyl groups is 1. The molecule has 0 heterocycles. The van der Waals surface area contributed by atoms with E-state index in [0.29, 0.717) is 24.1 Å². The first kappa shape index (κ1) is 28.7. The predicted octanol–water partition coefficient (Wildman–Crippen LogP) is 6.55. The Bertz CT molecular complexity index is 1110. The Hall–Kier alpha value is -3.56. The summed E-state index contributed by atoms with van der Waals surface area (Å²) in [5.41, 5.74) is 3.11. The van der Waals surface area contributed by atoms with Gasteiger partial charge in [-0.05, 0) is 55.8 Å². The summed E-state index contributed by atoms with van der Waals surface area (Å²) in [6, 6.07) is 21.6. The third-order valence-corrected chi connectivity index (χ3v) is 4.81. The fourth-order valence-corrected chi connectivity index (χ4v) is 2.83. The summed E-state index contributed by atoms with van der Waals surface area (Å²) in [6.07, 6.45) is -5.72. The average Bonchev–Trinajstić information content (AvgIpc) is 2.81. The van der Waals surface area contributed by atoms with Gasteiger partial charge in [0.05, 0.1) is 6.10 Å². The number of nitrogens with one attached hydrogen (secondary N) is 1. The van der Waals surface area contributed by atoms with E-state index in [2.05, 4.69) is 19.2 Å². The molecule has 3 aromatic carbocycles. The molecule has 0 aliphatic rings. The monoisotopic (exact) mass is 505 g/mol. The van der Waals surface area contributed by atoms with Crippen molar-refractivity contribution >= 4 is 5.97 Å². The summed E-state index contributed by atoms with van der Waals surface area (Å²) in [4.78, 5) is 8.90. The van der Waals surface area contributed by atoms with Gasteiger partial charge in [-0.2, -0.15) is 13.2 Å². The van der Waals surface area contributed by atoms with Crippen LogP contribution in [0.2, 0.25) is 0 Å². The molecule has 0 bridgehead atoms. The van der Waals surface area contributed by atoms with Gasteiger partial charge in [0, 0.05) is 12.6 Å². The van der Waals surface area contributed by atoms with Gasteiger partial charge in [0.1, 0.15) is 11.5 Å². The smallest absolute Gasteiger partial charge is 0.475 e. The van der Waals surface area contributed by atoms with Crippen molar-refractivity contribution in [3.8, 4) is 23.0 Å². The van der Waals surface area contributed by atoms with Crippen LogP contribution in [0, 0.1) is 13.8 Å². The zero-order chi connectivity index (χ0) is 26.9. The summed E-state index contributed by atoms with van der Waals surface area (Å²) in [7, 11) is 0. The average molecular weight is 506 g/mol. The Balaban J connectivity index is 0.000000572. The first-order valence-electron chi connectivity index (χ1n) is 11.2. The molecular formula is C27H30F3NO5. The van der Waals surface area contributed by atoms with Gasteiger partial charge < -0.3 is 25.0 Å².